The van der Waals surface area contributed by atoms with Gasteiger partial charge < -0.3 is 20.3 Å². The molecule has 3 aromatic carbocycles. The summed E-state index contributed by atoms with van der Waals surface area (Å²) in [7, 11) is 1.73. The first kappa shape index (κ1) is 23.8. The van der Waals surface area contributed by atoms with E-state index < -0.39 is 0 Å². The van der Waals surface area contributed by atoms with Crippen LogP contribution in [0.1, 0.15) is 47.3 Å². The van der Waals surface area contributed by atoms with Crippen LogP contribution < -0.4 is 20.3 Å². The highest BCUT2D eigenvalue weighted by Gasteiger charge is 2.19. The van der Waals surface area contributed by atoms with Gasteiger partial charge >= 0.3 is 0 Å². The zero-order valence-electron chi connectivity index (χ0n) is 20.2. The molecule has 0 bridgehead atoms. The zero-order valence-corrected chi connectivity index (χ0v) is 20.2. The Kier molecular flexibility index (Phi) is 8.21. The molecule has 3 aromatic rings. The first-order valence-electron chi connectivity index (χ1n) is 12.2. The lowest BCUT2D eigenvalue weighted by molar-refractivity contribution is 0.0940. The fourth-order valence-corrected chi connectivity index (χ4v) is 4.59. The zero-order chi connectivity index (χ0) is 23.8. The van der Waals surface area contributed by atoms with Crippen LogP contribution in [0.4, 0.5) is 5.69 Å². The van der Waals surface area contributed by atoms with Crippen molar-refractivity contribution >= 4 is 11.6 Å². The summed E-state index contributed by atoms with van der Waals surface area (Å²) in [6.07, 6.45) is 3.20. The molecule has 5 heteroatoms. The van der Waals surface area contributed by atoms with E-state index in [0.29, 0.717) is 11.6 Å². The van der Waals surface area contributed by atoms with Crippen molar-refractivity contribution in [3.05, 3.63) is 95.6 Å². The summed E-state index contributed by atoms with van der Waals surface area (Å²) in [6.45, 7) is 5.00. The second kappa shape index (κ2) is 11.7. The lowest BCUT2D eigenvalue weighted by Gasteiger charge is -2.34. The van der Waals surface area contributed by atoms with E-state index >= 15 is 0 Å². The maximum atomic E-state index is 12.7. The average molecular weight is 458 g/mol. The Hall–Kier alpha value is -3.31. The van der Waals surface area contributed by atoms with Crippen molar-refractivity contribution in [3.8, 4) is 5.75 Å². The molecular weight excluding hydrogens is 422 g/mol. The minimum atomic E-state index is -0.0409. The van der Waals surface area contributed by atoms with Crippen LogP contribution in [-0.4, -0.2) is 38.7 Å². The van der Waals surface area contributed by atoms with E-state index in [0.717, 1.165) is 50.2 Å². The largest absolute Gasteiger partial charge is 0.496 e. The molecule has 0 spiro atoms. The number of anilines is 1. The first-order valence-corrected chi connectivity index (χ1v) is 12.2. The summed E-state index contributed by atoms with van der Waals surface area (Å²) < 4.78 is 5.45. The number of benzene rings is 3. The van der Waals surface area contributed by atoms with Crippen LogP contribution in [0.3, 0.4) is 0 Å². The predicted octanol–water partition coefficient (Wildman–Crippen LogP) is 4.99. The maximum Gasteiger partial charge on any atom is 0.251 e. The predicted molar refractivity (Wildman–Crippen MR) is 139 cm³/mol. The number of hydrogen-bond acceptors (Lipinski definition) is 4. The molecule has 1 aliphatic heterocycles. The number of para-hydroxylation sites is 1. The van der Waals surface area contributed by atoms with Crippen LogP contribution in [0.25, 0.3) is 0 Å². The summed E-state index contributed by atoms with van der Waals surface area (Å²) in [5.41, 5.74) is 4.23. The highest BCUT2D eigenvalue weighted by atomic mass is 16.5. The Bertz CT molecular complexity index is 1040. The van der Waals surface area contributed by atoms with Gasteiger partial charge in [0.25, 0.3) is 5.91 Å². The van der Waals surface area contributed by atoms with Crippen LogP contribution in [0.15, 0.2) is 78.9 Å². The second-order valence-corrected chi connectivity index (χ2v) is 8.93. The molecule has 0 radical (unpaired) electrons. The smallest absolute Gasteiger partial charge is 0.251 e. The van der Waals surface area contributed by atoms with Crippen molar-refractivity contribution in [1.29, 1.82) is 0 Å². The van der Waals surface area contributed by atoms with Gasteiger partial charge in [-0.2, -0.15) is 0 Å². The van der Waals surface area contributed by atoms with Gasteiger partial charge in [-0.1, -0.05) is 48.5 Å². The SMILES string of the molecule is COc1ccccc1CCNC1CCN(c2ccc(C(=O)N[C@H](C)c3ccccc3)cc2)CC1. The molecular formula is C29H35N3O2. The molecule has 4 rings (SSSR count). The van der Waals surface area contributed by atoms with Crippen molar-refractivity contribution in [2.45, 2.75) is 38.3 Å². The van der Waals surface area contributed by atoms with Crippen LogP contribution in [0.2, 0.25) is 0 Å². The Labute approximate surface area is 203 Å². The van der Waals surface area contributed by atoms with E-state index in [-0.39, 0.29) is 11.9 Å². The molecule has 1 fully saturated rings. The van der Waals surface area contributed by atoms with Gasteiger partial charge in [0.1, 0.15) is 5.75 Å². The normalized spacial score (nSPS) is 15.1. The monoisotopic (exact) mass is 457 g/mol. The van der Waals surface area contributed by atoms with Gasteiger partial charge in [-0.15, -0.1) is 0 Å². The number of ether oxygens (including phenoxy) is 1. The van der Waals surface area contributed by atoms with Crippen molar-refractivity contribution in [2.75, 3.05) is 31.6 Å². The fourth-order valence-electron chi connectivity index (χ4n) is 4.59. The topological polar surface area (TPSA) is 53.6 Å². The summed E-state index contributed by atoms with van der Waals surface area (Å²) in [6, 6.07) is 26.8. The van der Waals surface area contributed by atoms with E-state index in [9.17, 15) is 4.79 Å². The quantitative estimate of drug-likeness (QED) is 0.475. The van der Waals surface area contributed by atoms with Gasteiger partial charge in [0, 0.05) is 30.4 Å². The molecule has 1 atom stereocenters. The Morgan fingerprint density at radius 3 is 2.35 bits per heavy atom. The van der Waals surface area contributed by atoms with Crippen molar-refractivity contribution in [1.82, 2.24) is 10.6 Å². The summed E-state index contributed by atoms with van der Waals surface area (Å²) >= 11 is 0. The average Bonchev–Trinajstić information content (AvgIpc) is 2.90. The van der Waals surface area contributed by atoms with E-state index in [2.05, 4.69) is 39.8 Å². The number of hydrogen-bond donors (Lipinski definition) is 2. The van der Waals surface area contributed by atoms with Gasteiger partial charge in [0.05, 0.1) is 13.2 Å². The van der Waals surface area contributed by atoms with Gasteiger partial charge in [-0.25, -0.2) is 0 Å². The maximum absolute atomic E-state index is 12.7. The molecule has 1 saturated heterocycles. The van der Waals surface area contributed by atoms with Gasteiger partial charge in [0.15, 0.2) is 0 Å². The molecule has 2 N–H and O–H groups in total. The van der Waals surface area contributed by atoms with Crippen LogP contribution >= 0.6 is 0 Å². The summed E-state index contributed by atoms with van der Waals surface area (Å²) in [5, 5.41) is 6.80. The number of nitrogens with zero attached hydrogens (tertiary/aromatic N) is 1. The molecule has 178 valence electrons. The van der Waals surface area contributed by atoms with Crippen molar-refractivity contribution in [3.63, 3.8) is 0 Å². The minimum Gasteiger partial charge on any atom is -0.496 e. The van der Waals surface area contributed by atoms with Crippen LogP contribution in [-0.2, 0) is 6.42 Å². The van der Waals surface area contributed by atoms with E-state index in [1.54, 1.807) is 7.11 Å². The fraction of sp³-hybridized carbons (Fsp3) is 0.345. The Morgan fingerprint density at radius 1 is 0.971 bits per heavy atom. The number of carbonyl (C=O) groups excluding carboxylic acids is 1. The number of piperidine rings is 1. The number of methoxy groups -OCH3 is 1. The molecule has 5 nitrogen and oxygen atoms in total. The highest BCUT2D eigenvalue weighted by Crippen LogP contribution is 2.22. The molecule has 1 amide bonds. The van der Waals surface area contributed by atoms with E-state index in [1.165, 1.54) is 11.3 Å². The molecule has 0 unspecified atom stereocenters. The third-order valence-electron chi connectivity index (χ3n) is 6.66. The lowest BCUT2D eigenvalue weighted by atomic mass is 10.0. The Balaban J connectivity index is 1.22. The van der Waals surface area contributed by atoms with Gasteiger partial charge in [-0.05, 0) is 74.2 Å². The van der Waals surface area contributed by atoms with Crippen LogP contribution in [0, 0.1) is 0 Å². The van der Waals surface area contributed by atoms with Crippen LogP contribution in [0.5, 0.6) is 5.75 Å². The molecule has 0 aromatic heterocycles. The third-order valence-corrected chi connectivity index (χ3v) is 6.66. The van der Waals surface area contributed by atoms with E-state index in [4.69, 9.17) is 4.74 Å². The molecule has 1 heterocycles. The second-order valence-electron chi connectivity index (χ2n) is 8.93. The number of nitrogens with one attached hydrogen (secondary N) is 2. The number of rotatable bonds is 9. The Morgan fingerprint density at radius 2 is 1.65 bits per heavy atom. The van der Waals surface area contributed by atoms with E-state index in [1.807, 2.05) is 61.5 Å². The molecule has 34 heavy (non-hydrogen) atoms. The first-order chi connectivity index (χ1) is 16.6. The number of carbonyl (C=O) groups is 1. The molecule has 0 saturated carbocycles. The lowest BCUT2D eigenvalue weighted by Crippen LogP contribution is -2.43. The van der Waals surface area contributed by atoms with Crippen molar-refractivity contribution < 1.29 is 9.53 Å². The van der Waals surface area contributed by atoms with Gasteiger partial charge in [0.2, 0.25) is 0 Å². The minimum absolute atomic E-state index is 0.0251. The highest BCUT2D eigenvalue weighted by molar-refractivity contribution is 5.94. The van der Waals surface area contributed by atoms with Gasteiger partial charge in [-0.3, -0.25) is 4.79 Å². The number of amides is 1. The summed E-state index contributed by atoms with van der Waals surface area (Å²) in [5.74, 6) is 0.923. The third kappa shape index (κ3) is 6.17. The molecule has 0 aliphatic carbocycles. The van der Waals surface area contributed by atoms with Crippen molar-refractivity contribution in [2.24, 2.45) is 0 Å². The molecule has 1 aliphatic rings. The standard InChI is InChI=1S/C29H35N3O2/c1-22(23-8-4-3-5-9-23)31-29(33)25-12-14-27(15-13-25)32-20-17-26(18-21-32)30-19-16-24-10-6-7-11-28(24)34-2/h3-15,22,26,30H,16-21H2,1-2H3,(H,31,33)/t22-/m1/s1. The summed E-state index contributed by atoms with van der Waals surface area (Å²) in [4.78, 5) is 15.1.